The summed E-state index contributed by atoms with van der Waals surface area (Å²) >= 11 is 0. The van der Waals surface area contributed by atoms with Gasteiger partial charge >= 0.3 is 17.1 Å². The molecule has 0 N–H and O–H groups in total. The number of hydrogen-bond acceptors (Lipinski definition) is 5. The molecule has 0 saturated carbocycles. The summed E-state index contributed by atoms with van der Waals surface area (Å²) in [7, 11) is 0. The molecule has 0 aromatic carbocycles. The zero-order chi connectivity index (χ0) is 19.6. The first-order chi connectivity index (χ1) is 13.0. The maximum atomic E-state index is 12.6. The van der Waals surface area contributed by atoms with Crippen LogP contribution in [-0.4, -0.2) is 23.1 Å². The smallest absolute Gasteiger partial charge is 0.269 e. The van der Waals surface area contributed by atoms with Crippen molar-refractivity contribution in [2.24, 2.45) is 0 Å². The Morgan fingerprint density at radius 3 is 2.07 bits per heavy atom. The van der Waals surface area contributed by atoms with Crippen molar-refractivity contribution < 1.29 is 0 Å². The SMILES string of the molecule is C=CCn1c(=O)n(CC=C)c(=O)n(Cc2cc(=O)n3ccccc3n2)c1=O. The fourth-order valence-electron chi connectivity index (χ4n) is 2.73. The number of fused-ring (bicyclic) bond motifs is 1. The largest absolute Gasteiger partial charge is 0.336 e. The van der Waals surface area contributed by atoms with Crippen LogP contribution >= 0.6 is 0 Å². The minimum absolute atomic E-state index is 0.0527. The Morgan fingerprint density at radius 1 is 0.889 bits per heavy atom. The van der Waals surface area contributed by atoms with Crippen LogP contribution in [0.15, 0.2) is 75.0 Å². The van der Waals surface area contributed by atoms with Gasteiger partial charge in [0.2, 0.25) is 0 Å². The lowest BCUT2D eigenvalue weighted by molar-refractivity contribution is 0.495. The molecular formula is C18H17N5O4. The summed E-state index contributed by atoms with van der Waals surface area (Å²) < 4.78 is 4.01. The fraction of sp³-hybridized carbons (Fsp3) is 0.167. The van der Waals surface area contributed by atoms with Crippen LogP contribution in [0.25, 0.3) is 5.65 Å². The van der Waals surface area contributed by atoms with Crippen LogP contribution in [0.3, 0.4) is 0 Å². The zero-order valence-corrected chi connectivity index (χ0v) is 14.4. The average molecular weight is 367 g/mol. The molecule has 3 rings (SSSR count). The van der Waals surface area contributed by atoms with Crippen LogP contribution in [0.1, 0.15) is 5.69 Å². The van der Waals surface area contributed by atoms with Gasteiger partial charge in [0, 0.05) is 12.3 Å². The second-order valence-corrected chi connectivity index (χ2v) is 5.75. The van der Waals surface area contributed by atoms with Crippen molar-refractivity contribution >= 4 is 5.65 Å². The Kier molecular flexibility index (Phi) is 4.84. The van der Waals surface area contributed by atoms with Crippen LogP contribution in [0.4, 0.5) is 0 Å². The maximum Gasteiger partial charge on any atom is 0.336 e. The molecule has 3 aromatic heterocycles. The summed E-state index contributed by atoms with van der Waals surface area (Å²) in [5.74, 6) is 0. The first-order valence-electron chi connectivity index (χ1n) is 8.11. The lowest BCUT2D eigenvalue weighted by Crippen LogP contribution is -2.54. The first-order valence-corrected chi connectivity index (χ1v) is 8.11. The molecule has 0 amide bonds. The van der Waals surface area contributed by atoms with Gasteiger partial charge in [-0.3, -0.25) is 9.20 Å². The van der Waals surface area contributed by atoms with Gasteiger partial charge in [-0.1, -0.05) is 18.2 Å². The molecule has 0 saturated heterocycles. The molecule has 0 spiro atoms. The molecule has 9 heteroatoms. The van der Waals surface area contributed by atoms with Crippen molar-refractivity contribution in [1.82, 2.24) is 23.1 Å². The Labute approximate surface area is 152 Å². The molecule has 3 heterocycles. The molecule has 0 fully saturated rings. The normalized spacial score (nSPS) is 10.8. The third kappa shape index (κ3) is 3.22. The Morgan fingerprint density at radius 2 is 1.48 bits per heavy atom. The predicted molar refractivity (Wildman–Crippen MR) is 100 cm³/mol. The van der Waals surface area contributed by atoms with Gasteiger partial charge in [0.25, 0.3) is 5.56 Å². The standard InChI is InChI=1S/C18H17N5O4/c1-3-8-21-16(25)22(9-4-2)18(27)23(17(21)26)12-13-11-15(24)20-10-6-5-7-14(20)19-13/h3-7,10-11H,1-2,8-9,12H2. The van der Waals surface area contributed by atoms with Crippen LogP contribution in [0.2, 0.25) is 0 Å². The Balaban J connectivity index is 2.23. The Bertz CT molecular complexity index is 1230. The minimum atomic E-state index is -0.791. The van der Waals surface area contributed by atoms with Gasteiger partial charge in [-0.2, -0.15) is 0 Å². The molecule has 0 radical (unpaired) electrons. The van der Waals surface area contributed by atoms with Gasteiger partial charge in [-0.05, 0) is 12.1 Å². The second-order valence-electron chi connectivity index (χ2n) is 5.75. The molecule has 9 nitrogen and oxygen atoms in total. The maximum absolute atomic E-state index is 12.6. The van der Waals surface area contributed by atoms with E-state index >= 15 is 0 Å². The molecular weight excluding hydrogens is 350 g/mol. The number of hydrogen-bond donors (Lipinski definition) is 0. The van der Waals surface area contributed by atoms with Gasteiger partial charge in [0.05, 0.1) is 25.3 Å². The molecule has 0 unspecified atom stereocenters. The van der Waals surface area contributed by atoms with E-state index in [0.29, 0.717) is 5.65 Å². The van der Waals surface area contributed by atoms with Crippen LogP contribution in [0.5, 0.6) is 0 Å². The molecule has 27 heavy (non-hydrogen) atoms. The summed E-state index contributed by atoms with van der Waals surface area (Å²) in [6, 6.07) is 6.31. The third-order valence-electron chi connectivity index (χ3n) is 3.95. The molecule has 0 aliphatic rings. The molecule has 0 atom stereocenters. The lowest BCUT2D eigenvalue weighted by atomic mass is 10.3. The number of rotatable bonds is 6. The molecule has 0 aliphatic heterocycles. The lowest BCUT2D eigenvalue weighted by Gasteiger charge is -2.12. The number of aromatic nitrogens is 5. The van der Waals surface area contributed by atoms with Crippen LogP contribution < -0.4 is 22.6 Å². The number of allylic oxidation sites excluding steroid dienone is 2. The van der Waals surface area contributed by atoms with Gasteiger partial charge in [0.1, 0.15) is 5.65 Å². The van der Waals surface area contributed by atoms with E-state index in [-0.39, 0.29) is 30.9 Å². The topological polar surface area (TPSA) is 100 Å². The van der Waals surface area contributed by atoms with Gasteiger partial charge in [-0.25, -0.2) is 33.1 Å². The van der Waals surface area contributed by atoms with Crippen LogP contribution in [0, 0.1) is 0 Å². The highest BCUT2D eigenvalue weighted by Gasteiger charge is 2.15. The Hall–Kier alpha value is -3.75. The van der Waals surface area contributed by atoms with E-state index in [4.69, 9.17) is 0 Å². The van der Waals surface area contributed by atoms with Crippen molar-refractivity contribution in [2.75, 3.05) is 0 Å². The highest BCUT2D eigenvalue weighted by atomic mass is 16.2. The fourth-order valence-corrected chi connectivity index (χ4v) is 2.73. The zero-order valence-electron chi connectivity index (χ0n) is 14.4. The summed E-state index contributed by atoms with van der Waals surface area (Å²) in [4.78, 5) is 54.2. The van der Waals surface area contributed by atoms with Crippen LogP contribution in [-0.2, 0) is 19.6 Å². The first kappa shape index (κ1) is 18.1. The van der Waals surface area contributed by atoms with Gasteiger partial charge < -0.3 is 0 Å². The summed E-state index contributed by atoms with van der Waals surface area (Å²) in [6.07, 6.45) is 4.34. The van der Waals surface area contributed by atoms with E-state index < -0.39 is 17.1 Å². The second kappa shape index (κ2) is 7.24. The molecule has 0 aliphatic carbocycles. The van der Waals surface area contributed by atoms with E-state index in [1.54, 1.807) is 24.4 Å². The van der Waals surface area contributed by atoms with Crippen molar-refractivity contribution in [3.8, 4) is 0 Å². The molecule has 138 valence electrons. The number of pyridine rings is 1. The molecule has 0 bridgehead atoms. The van der Waals surface area contributed by atoms with E-state index in [2.05, 4.69) is 18.1 Å². The molecule has 3 aromatic rings. The quantitative estimate of drug-likeness (QED) is 0.552. The average Bonchev–Trinajstić information content (AvgIpc) is 2.66. The third-order valence-corrected chi connectivity index (χ3v) is 3.95. The predicted octanol–water partition coefficient (Wildman–Crippen LogP) is -0.400. The van der Waals surface area contributed by atoms with Crippen molar-refractivity contribution in [2.45, 2.75) is 19.6 Å². The van der Waals surface area contributed by atoms with E-state index in [9.17, 15) is 19.2 Å². The summed E-state index contributed by atoms with van der Waals surface area (Å²) in [5, 5.41) is 0. The van der Waals surface area contributed by atoms with E-state index in [1.807, 2.05) is 0 Å². The van der Waals surface area contributed by atoms with Crippen molar-refractivity contribution in [1.29, 1.82) is 0 Å². The van der Waals surface area contributed by atoms with Gasteiger partial charge in [0.15, 0.2) is 0 Å². The summed E-state index contributed by atoms with van der Waals surface area (Å²) in [6.45, 7) is 6.70. The monoisotopic (exact) mass is 367 g/mol. The highest BCUT2D eigenvalue weighted by molar-refractivity contribution is 5.38. The van der Waals surface area contributed by atoms with Gasteiger partial charge in [-0.15, -0.1) is 13.2 Å². The van der Waals surface area contributed by atoms with E-state index in [0.717, 1.165) is 13.7 Å². The number of nitrogens with zero attached hydrogens (tertiary/aromatic N) is 5. The summed E-state index contributed by atoms with van der Waals surface area (Å²) in [5.41, 5.74) is -2.04. The van der Waals surface area contributed by atoms with Crippen molar-refractivity contribution in [3.63, 3.8) is 0 Å². The minimum Gasteiger partial charge on any atom is -0.269 e. The highest BCUT2D eigenvalue weighted by Crippen LogP contribution is 1.99. The van der Waals surface area contributed by atoms with Crippen molar-refractivity contribution in [3.05, 3.63) is 103 Å². The van der Waals surface area contributed by atoms with E-state index in [1.165, 1.54) is 22.6 Å².